The van der Waals surface area contributed by atoms with E-state index in [-0.39, 0.29) is 45.8 Å². The van der Waals surface area contributed by atoms with Gasteiger partial charge in [0.1, 0.15) is 5.60 Å². The van der Waals surface area contributed by atoms with Crippen LogP contribution in [-0.4, -0.2) is 45.1 Å². The first-order valence-corrected chi connectivity index (χ1v) is 14.1. The van der Waals surface area contributed by atoms with Gasteiger partial charge in [0.2, 0.25) is 0 Å². The first-order valence-electron chi connectivity index (χ1n) is 14.1. The highest BCUT2D eigenvalue weighted by Crippen LogP contribution is 2.74. The molecule has 1 aliphatic heterocycles. The molecule has 0 spiro atoms. The predicted molar refractivity (Wildman–Crippen MR) is 136 cm³/mol. The molecule has 5 rings (SSSR count). The minimum absolute atomic E-state index is 0.0467. The summed E-state index contributed by atoms with van der Waals surface area (Å²) in [5.74, 6) is -0.841. The van der Waals surface area contributed by atoms with Gasteiger partial charge < -0.3 is 20.1 Å². The molecule has 0 aromatic carbocycles. The van der Waals surface area contributed by atoms with E-state index in [1.54, 1.807) is 0 Å². The number of aliphatic hydroxyl groups excluding tert-OH is 2. The van der Waals surface area contributed by atoms with Crippen LogP contribution in [-0.2, 0) is 14.3 Å². The summed E-state index contributed by atoms with van der Waals surface area (Å²) < 4.78 is 5.84. The van der Waals surface area contributed by atoms with E-state index in [9.17, 15) is 24.9 Å². The second kappa shape index (κ2) is 7.81. The monoisotopic (exact) mass is 502 g/mol. The van der Waals surface area contributed by atoms with Crippen LogP contribution in [0.25, 0.3) is 0 Å². The van der Waals surface area contributed by atoms with Crippen molar-refractivity contribution < 1.29 is 29.6 Å². The molecule has 4 fully saturated rings. The number of rotatable bonds is 1. The SMILES string of the molecule is C[C@H]1[C@H](C)[C@@H](O)C[C@]2(C(=O)O)CC[C@]3(C)C(=CC[C@@H]4[C@@]5(C)C[C@@H](O)C(=O)OC(C)(C)[C@@H]5CC[C@]43C)[C@H]12. The Labute approximate surface area is 215 Å². The highest BCUT2D eigenvalue weighted by molar-refractivity contribution is 5.77. The van der Waals surface area contributed by atoms with Gasteiger partial charge in [0.15, 0.2) is 6.10 Å². The number of carboxylic acid groups (broad SMARTS) is 1. The summed E-state index contributed by atoms with van der Waals surface area (Å²) in [4.78, 5) is 25.5. The number of allylic oxidation sites excluding steroid dienone is 2. The Morgan fingerprint density at radius 1 is 0.972 bits per heavy atom. The number of cyclic esters (lactones) is 1. The summed E-state index contributed by atoms with van der Waals surface area (Å²) in [6.45, 7) is 15.2. The molecule has 36 heavy (non-hydrogen) atoms. The van der Waals surface area contributed by atoms with Crippen LogP contribution >= 0.6 is 0 Å². The Hall–Kier alpha value is -1.40. The number of ether oxygens (including phenoxy) is 1. The molecule has 11 atom stereocenters. The van der Waals surface area contributed by atoms with Gasteiger partial charge in [-0.25, -0.2) is 4.79 Å². The van der Waals surface area contributed by atoms with Crippen LogP contribution < -0.4 is 0 Å². The third-order valence-corrected chi connectivity index (χ3v) is 12.9. The summed E-state index contributed by atoms with van der Waals surface area (Å²) in [6.07, 6.45) is 5.46. The van der Waals surface area contributed by atoms with Crippen LogP contribution in [0, 0.1) is 51.2 Å². The largest absolute Gasteiger partial charge is 0.481 e. The van der Waals surface area contributed by atoms with E-state index in [1.165, 1.54) is 5.57 Å². The van der Waals surface area contributed by atoms with Crippen LogP contribution in [0.1, 0.15) is 93.4 Å². The van der Waals surface area contributed by atoms with Crippen molar-refractivity contribution in [2.24, 2.45) is 51.2 Å². The topological polar surface area (TPSA) is 104 Å². The molecule has 3 saturated carbocycles. The first kappa shape index (κ1) is 26.2. The van der Waals surface area contributed by atoms with Gasteiger partial charge in [-0.3, -0.25) is 4.79 Å². The number of aliphatic hydroxyl groups is 2. The lowest BCUT2D eigenvalue weighted by Gasteiger charge is -2.69. The van der Waals surface area contributed by atoms with Crippen molar-refractivity contribution in [1.82, 2.24) is 0 Å². The fourth-order valence-corrected chi connectivity index (χ4v) is 10.6. The van der Waals surface area contributed by atoms with E-state index < -0.39 is 35.2 Å². The summed E-state index contributed by atoms with van der Waals surface area (Å²) in [5, 5.41) is 32.2. The van der Waals surface area contributed by atoms with Crippen molar-refractivity contribution in [3.63, 3.8) is 0 Å². The van der Waals surface area contributed by atoms with Crippen LogP contribution in [0.15, 0.2) is 11.6 Å². The maximum absolute atomic E-state index is 12.9. The number of fused-ring (bicyclic) bond motifs is 7. The van der Waals surface area contributed by atoms with Crippen molar-refractivity contribution in [2.45, 2.75) is 111 Å². The second-order valence-corrected chi connectivity index (χ2v) is 14.5. The summed E-state index contributed by atoms with van der Waals surface area (Å²) in [5.41, 5.74) is -0.809. The molecule has 4 aliphatic carbocycles. The molecular formula is C30H46O6. The van der Waals surface area contributed by atoms with Crippen molar-refractivity contribution in [3.05, 3.63) is 11.6 Å². The molecule has 6 heteroatoms. The van der Waals surface area contributed by atoms with E-state index in [4.69, 9.17) is 4.74 Å². The minimum Gasteiger partial charge on any atom is -0.481 e. The average molecular weight is 503 g/mol. The van der Waals surface area contributed by atoms with Crippen LogP contribution in [0.5, 0.6) is 0 Å². The van der Waals surface area contributed by atoms with Crippen LogP contribution in [0.3, 0.4) is 0 Å². The van der Waals surface area contributed by atoms with Crippen molar-refractivity contribution in [3.8, 4) is 0 Å². The molecule has 6 nitrogen and oxygen atoms in total. The minimum atomic E-state index is -1.12. The number of carboxylic acids is 1. The van der Waals surface area contributed by atoms with Gasteiger partial charge in [-0.05, 0) is 98.7 Å². The molecule has 0 bridgehead atoms. The van der Waals surface area contributed by atoms with E-state index in [2.05, 4.69) is 40.7 Å². The van der Waals surface area contributed by atoms with Crippen molar-refractivity contribution in [2.75, 3.05) is 0 Å². The third kappa shape index (κ3) is 3.09. The third-order valence-electron chi connectivity index (χ3n) is 12.9. The number of aliphatic carboxylic acids is 1. The molecule has 5 aliphatic rings. The van der Waals surface area contributed by atoms with Crippen molar-refractivity contribution >= 4 is 11.9 Å². The molecule has 1 saturated heterocycles. The zero-order valence-electron chi connectivity index (χ0n) is 23.1. The lowest BCUT2D eigenvalue weighted by atomic mass is 9.34. The smallest absolute Gasteiger partial charge is 0.335 e. The van der Waals surface area contributed by atoms with Crippen molar-refractivity contribution in [1.29, 1.82) is 0 Å². The molecule has 1 heterocycles. The molecular weight excluding hydrogens is 456 g/mol. The second-order valence-electron chi connectivity index (χ2n) is 14.5. The Balaban J connectivity index is 1.64. The highest BCUT2D eigenvalue weighted by Gasteiger charge is 2.70. The van der Waals surface area contributed by atoms with Crippen LogP contribution in [0.4, 0.5) is 0 Å². The fraction of sp³-hybridized carbons (Fsp3) is 0.867. The van der Waals surface area contributed by atoms with Gasteiger partial charge in [-0.1, -0.05) is 46.3 Å². The predicted octanol–water partition coefficient (Wildman–Crippen LogP) is 4.97. The molecule has 0 unspecified atom stereocenters. The van der Waals surface area contributed by atoms with E-state index in [0.717, 1.165) is 25.7 Å². The quantitative estimate of drug-likeness (QED) is 0.346. The molecule has 3 N–H and O–H groups in total. The molecule has 0 aromatic heterocycles. The normalized spacial score (nSPS) is 54.0. The molecule has 0 aromatic rings. The van der Waals surface area contributed by atoms with Gasteiger partial charge in [0, 0.05) is 5.92 Å². The Morgan fingerprint density at radius 2 is 1.64 bits per heavy atom. The number of carbonyl (C=O) groups excluding carboxylic acids is 1. The standard InChI is InChI=1S/C30H46O6/c1-16-17(2)23-18-8-9-22-27(5)14-20(32)24(33)36-26(3,4)21(27)10-11-29(22,7)28(18,6)12-13-30(23,25(34)35)15-19(16)31/h8,16-17,19-23,31-32H,9-15H2,1-7H3,(H,34,35)/t16-,17-,19-,20+,21-,22+,23-,27-,28+,29+,30+/m0/s1. The van der Waals surface area contributed by atoms with E-state index in [0.29, 0.717) is 19.3 Å². The number of carbonyl (C=O) groups is 2. The maximum atomic E-state index is 12.9. The average Bonchev–Trinajstić information content (AvgIpc) is 2.83. The van der Waals surface area contributed by atoms with Gasteiger partial charge in [-0.15, -0.1) is 0 Å². The maximum Gasteiger partial charge on any atom is 0.335 e. The molecule has 0 radical (unpaired) electrons. The van der Waals surface area contributed by atoms with E-state index in [1.807, 2.05) is 13.8 Å². The summed E-state index contributed by atoms with van der Waals surface area (Å²) in [7, 11) is 0. The summed E-state index contributed by atoms with van der Waals surface area (Å²) >= 11 is 0. The summed E-state index contributed by atoms with van der Waals surface area (Å²) in [6, 6.07) is 0. The Bertz CT molecular complexity index is 1000. The zero-order valence-corrected chi connectivity index (χ0v) is 23.1. The number of hydrogen-bond acceptors (Lipinski definition) is 5. The van der Waals surface area contributed by atoms with Gasteiger partial charge >= 0.3 is 11.9 Å². The Morgan fingerprint density at radius 3 is 2.28 bits per heavy atom. The van der Waals surface area contributed by atoms with Gasteiger partial charge in [-0.2, -0.15) is 0 Å². The van der Waals surface area contributed by atoms with Gasteiger partial charge in [0.05, 0.1) is 11.5 Å². The lowest BCUT2D eigenvalue weighted by molar-refractivity contribution is -0.196. The molecule has 0 amide bonds. The first-order chi connectivity index (χ1) is 16.5. The zero-order chi connectivity index (χ0) is 26.6. The van der Waals surface area contributed by atoms with Crippen LogP contribution in [0.2, 0.25) is 0 Å². The van der Waals surface area contributed by atoms with Gasteiger partial charge in [0.25, 0.3) is 0 Å². The Kier molecular flexibility index (Phi) is 5.69. The van der Waals surface area contributed by atoms with E-state index >= 15 is 0 Å². The fourth-order valence-electron chi connectivity index (χ4n) is 10.6. The molecule has 202 valence electrons. The number of hydrogen-bond donors (Lipinski definition) is 3. The number of esters is 1. The highest BCUT2D eigenvalue weighted by atomic mass is 16.6. The lowest BCUT2D eigenvalue weighted by Crippen LogP contribution is -2.65.